The van der Waals surface area contributed by atoms with E-state index in [9.17, 15) is 13.2 Å². The van der Waals surface area contributed by atoms with Crippen molar-refractivity contribution in [1.82, 2.24) is 5.32 Å². The van der Waals surface area contributed by atoms with Crippen LogP contribution in [-0.4, -0.2) is 25.2 Å². The summed E-state index contributed by atoms with van der Waals surface area (Å²) in [7, 11) is 0. The quantitative estimate of drug-likeness (QED) is 0.844. The second-order valence-corrected chi connectivity index (χ2v) is 5.31. The van der Waals surface area contributed by atoms with Crippen molar-refractivity contribution in [2.24, 2.45) is 0 Å². The molecule has 0 aromatic heterocycles. The molecule has 2 nitrogen and oxygen atoms in total. The van der Waals surface area contributed by atoms with Gasteiger partial charge in [0.25, 0.3) is 0 Å². The topological polar surface area (TPSA) is 15.3 Å². The van der Waals surface area contributed by atoms with Gasteiger partial charge >= 0.3 is 6.18 Å². The number of piperazine rings is 1. The predicted octanol–water partition coefficient (Wildman–Crippen LogP) is 3.20. The number of nitrogens with one attached hydrogen (secondary N) is 1. The van der Waals surface area contributed by atoms with Gasteiger partial charge in [0, 0.05) is 30.9 Å². The number of rotatable bonds is 1. The van der Waals surface area contributed by atoms with Gasteiger partial charge in [0.05, 0.1) is 5.56 Å². The molecule has 1 aliphatic rings. The lowest BCUT2D eigenvalue weighted by Crippen LogP contribution is -2.54. The molecular formula is C14H19F3N2. The molecule has 0 spiro atoms. The number of hydrogen-bond donors (Lipinski definition) is 1. The molecule has 0 bridgehead atoms. The van der Waals surface area contributed by atoms with Gasteiger partial charge in [-0.15, -0.1) is 0 Å². The van der Waals surface area contributed by atoms with Crippen molar-refractivity contribution >= 4 is 5.69 Å². The van der Waals surface area contributed by atoms with E-state index in [4.69, 9.17) is 0 Å². The van der Waals surface area contributed by atoms with Crippen LogP contribution in [0.4, 0.5) is 18.9 Å². The molecule has 1 aliphatic heterocycles. The van der Waals surface area contributed by atoms with Crippen molar-refractivity contribution in [3.63, 3.8) is 0 Å². The highest BCUT2D eigenvalue weighted by atomic mass is 19.4. The van der Waals surface area contributed by atoms with Crippen molar-refractivity contribution < 1.29 is 13.2 Å². The van der Waals surface area contributed by atoms with Crippen LogP contribution in [0.1, 0.15) is 25.0 Å². The summed E-state index contributed by atoms with van der Waals surface area (Å²) < 4.78 is 38.4. The average Bonchev–Trinajstić information content (AvgIpc) is 2.32. The SMILES string of the molecule is Cc1ccc(C(F)(F)F)cc1N1CC(C)NCC1C. The Morgan fingerprint density at radius 2 is 1.95 bits per heavy atom. The van der Waals surface area contributed by atoms with Crippen LogP contribution in [-0.2, 0) is 6.18 Å². The maximum atomic E-state index is 12.8. The minimum atomic E-state index is -4.29. The minimum Gasteiger partial charge on any atom is -0.366 e. The minimum absolute atomic E-state index is 0.193. The van der Waals surface area contributed by atoms with Gasteiger partial charge in [-0.2, -0.15) is 13.2 Å². The maximum absolute atomic E-state index is 12.8. The van der Waals surface area contributed by atoms with Gasteiger partial charge in [0.2, 0.25) is 0 Å². The van der Waals surface area contributed by atoms with Crippen molar-refractivity contribution in [2.45, 2.75) is 39.0 Å². The predicted molar refractivity (Wildman–Crippen MR) is 70.5 cm³/mol. The molecule has 2 rings (SSSR count). The Morgan fingerprint density at radius 1 is 1.26 bits per heavy atom. The van der Waals surface area contributed by atoms with Gasteiger partial charge in [-0.3, -0.25) is 0 Å². The molecule has 2 unspecified atom stereocenters. The highest BCUT2D eigenvalue weighted by molar-refractivity contribution is 5.56. The molecule has 1 N–H and O–H groups in total. The third-order valence-corrected chi connectivity index (χ3v) is 3.61. The number of nitrogens with zero attached hydrogens (tertiary/aromatic N) is 1. The van der Waals surface area contributed by atoms with Crippen LogP contribution in [0.5, 0.6) is 0 Å². The first-order chi connectivity index (χ1) is 8.79. The Morgan fingerprint density at radius 3 is 2.58 bits per heavy atom. The number of aryl methyl sites for hydroxylation is 1. The summed E-state index contributed by atoms with van der Waals surface area (Å²) in [6.07, 6.45) is -4.29. The summed E-state index contributed by atoms with van der Waals surface area (Å²) in [6.45, 7) is 7.44. The summed E-state index contributed by atoms with van der Waals surface area (Å²) >= 11 is 0. The molecular weight excluding hydrogens is 253 g/mol. The number of anilines is 1. The molecule has 0 radical (unpaired) electrons. The molecule has 1 saturated heterocycles. The number of hydrogen-bond acceptors (Lipinski definition) is 2. The highest BCUT2D eigenvalue weighted by Gasteiger charge is 2.32. The lowest BCUT2D eigenvalue weighted by molar-refractivity contribution is -0.137. The molecule has 1 aromatic rings. The van der Waals surface area contributed by atoms with Gasteiger partial charge in [0.1, 0.15) is 0 Å². The second-order valence-electron chi connectivity index (χ2n) is 5.31. The Labute approximate surface area is 111 Å². The number of halogens is 3. The van der Waals surface area contributed by atoms with E-state index in [2.05, 4.69) is 10.2 Å². The molecule has 106 valence electrons. The third kappa shape index (κ3) is 3.03. The fraction of sp³-hybridized carbons (Fsp3) is 0.571. The van der Waals surface area contributed by atoms with Crippen LogP contribution in [0, 0.1) is 6.92 Å². The summed E-state index contributed by atoms with van der Waals surface area (Å²) in [4.78, 5) is 2.06. The Hall–Kier alpha value is -1.23. The van der Waals surface area contributed by atoms with Gasteiger partial charge in [-0.1, -0.05) is 6.07 Å². The van der Waals surface area contributed by atoms with E-state index in [0.717, 1.165) is 24.7 Å². The van der Waals surface area contributed by atoms with Crippen LogP contribution < -0.4 is 10.2 Å². The molecule has 0 aliphatic carbocycles. The van der Waals surface area contributed by atoms with Crippen molar-refractivity contribution in [1.29, 1.82) is 0 Å². The summed E-state index contributed by atoms with van der Waals surface area (Å²) in [6, 6.07) is 4.44. The van der Waals surface area contributed by atoms with Gasteiger partial charge in [0.15, 0.2) is 0 Å². The van der Waals surface area contributed by atoms with Gasteiger partial charge in [-0.25, -0.2) is 0 Å². The summed E-state index contributed by atoms with van der Waals surface area (Å²) in [5.74, 6) is 0. The largest absolute Gasteiger partial charge is 0.416 e. The average molecular weight is 272 g/mol. The molecule has 0 saturated carbocycles. The van der Waals surface area contributed by atoms with Crippen LogP contribution in [0.2, 0.25) is 0 Å². The van der Waals surface area contributed by atoms with Gasteiger partial charge in [-0.05, 0) is 38.5 Å². The van der Waals surface area contributed by atoms with Crippen LogP contribution in [0.15, 0.2) is 18.2 Å². The lowest BCUT2D eigenvalue weighted by Gasteiger charge is -2.40. The lowest BCUT2D eigenvalue weighted by atomic mass is 10.0. The first kappa shape index (κ1) is 14.2. The van der Waals surface area contributed by atoms with E-state index in [-0.39, 0.29) is 12.1 Å². The first-order valence-corrected chi connectivity index (χ1v) is 6.47. The Balaban J connectivity index is 2.37. The second kappa shape index (κ2) is 5.04. The van der Waals surface area contributed by atoms with E-state index < -0.39 is 11.7 Å². The van der Waals surface area contributed by atoms with Crippen molar-refractivity contribution in [3.05, 3.63) is 29.3 Å². The number of alkyl halides is 3. The molecule has 2 atom stereocenters. The smallest absolute Gasteiger partial charge is 0.366 e. The maximum Gasteiger partial charge on any atom is 0.416 e. The molecule has 19 heavy (non-hydrogen) atoms. The van der Waals surface area contributed by atoms with Gasteiger partial charge < -0.3 is 10.2 Å². The zero-order chi connectivity index (χ0) is 14.2. The first-order valence-electron chi connectivity index (χ1n) is 6.47. The Kier molecular flexibility index (Phi) is 3.76. The van der Waals surface area contributed by atoms with Crippen LogP contribution >= 0.6 is 0 Å². The van der Waals surface area contributed by atoms with E-state index in [1.807, 2.05) is 20.8 Å². The van der Waals surface area contributed by atoms with Crippen LogP contribution in [0.25, 0.3) is 0 Å². The standard InChI is InChI=1S/C14H19F3N2/c1-9-4-5-12(14(15,16)17)6-13(9)19-8-10(2)18-7-11(19)3/h4-6,10-11,18H,7-8H2,1-3H3. The fourth-order valence-electron chi connectivity index (χ4n) is 2.45. The van der Waals surface area contributed by atoms with E-state index >= 15 is 0 Å². The normalized spacial score (nSPS) is 24.6. The number of benzene rings is 1. The van der Waals surface area contributed by atoms with E-state index in [1.165, 1.54) is 6.07 Å². The third-order valence-electron chi connectivity index (χ3n) is 3.61. The zero-order valence-electron chi connectivity index (χ0n) is 11.4. The Bertz CT molecular complexity index is 456. The van der Waals surface area contributed by atoms with Crippen LogP contribution in [0.3, 0.4) is 0 Å². The molecule has 5 heteroatoms. The zero-order valence-corrected chi connectivity index (χ0v) is 11.4. The van der Waals surface area contributed by atoms with Crippen molar-refractivity contribution in [2.75, 3.05) is 18.0 Å². The molecule has 1 heterocycles. The van der Waals surface area contributed by atoms with E-state index in [1.54, 1.807) is 6.07 Å². The fourth-order valence-corrected chi connectivity index (χ4v) is 2.45. The van der Waals surface area contributed by atoms with E-state index in [0.29, 0.717) is 5.69 Å². The van der Waals surface area contributed by atoms with Crippen molar-refractivity contribution in [3.8, 4) is 0 Å². The summed E-state index contributed by atoms with van der Waals surface area (Å²) in [5, 5.41) is 3.33. The summed E-state index contributed by atoms with van der Waals surface area (Å²) in [5.41, 5.74) is 0.996. The molecule has 0 amide bonds. The monoisotopic (exact) mass is 272 g/mol. The highest BCUT2D eigenvalue weighted by Crippen LogP contribution is 2.34. The molecule has 1 aromatic carbocycles. The molecule has 1 fully saturated rings.